The second-order valence-electron chi connectivity index (χ2n) is 11.5. The molecule has 2 aromatic carbocycles. The molecule has 3 N–H and O–H groups in total. The number of likely N-dealkylation sites (tertiary alicyclic amines) is 1. The molecule has 11 heteroatoms. The maximum atomic E-state index is 13.4. The predicted molar refractivity (Wildman–Crippen MR) is 155 cm³/mol. The summed E-state index contributed by atoms with van der Waals surface area (Å²) in [5.74, 6) is -0.234. The molecule has 1 spiro atoms. The zero-order chi connectivity index (χ0) is 29.0. The Balaban J connectivity index is 1.15. The lowest BCUT2D eigenvalue weighted by atomic mass is 9.87. The molecule has 3 aliphatic rings. The minimum absolute atomic E-state index is 0.0908. The first-order valence-electron chi connectivity index (χ1n) is 14.4. The number of nitrogens with one attached hydrogen (secondary N) is 3. The van der Waals surface area contributed by atoms with Gasteiger partial charge in [-0.15, -0.1) is 0 Å². The van der Waals surface area contributed by atoms with Crippen LogP contribution in [0, 0.1) is 0 Å². The summed E-state index contributed by atoms with van der Waals surface area (Å²) in [5.41, 5.74) is 0.825. The van der Waals surface area contributed by atoms with Gasteiger partial charge in [-0.3, -0.25) is 9.69 Å². The Kier molecular flexibility index (Phi) is 8.65. The van der Waals surface area contributed by atoms with Gasteiger partial charge in [0.25, 0.3) is 5.91 Å². The number of rotatable bonds is 9. The number of nitrogens with zero attached hydrogens (tertiary/aromatic N) is 2. The van der Waals surface area contributed by atoms with Crippen molar-refractivity contribution in [2.75, 3.05) is 25.9 Å². The van der Waals surface area contributed by atoms with E-state index in [0.717, 1.165) is 50.5 Å². The van der Waals surface area contributed by atoms with Gasteiger partial charge >= 0.3 is 12.1 Å². The van der Waals surface area contributed by atoms with E-state index in [1.165, 1.54) is 17.0 Å². The molecule has 3 fully saturated rings. The Labute approximate surface area is 241 Å². The first-order valence-corrected chi connectivity index (χ1v) is 16.3. The highest BCUT2D eigenvalue weighted by molar-refractivity contribution is 7.90. The molecular weight excluding hydrogens is 542 g/mol. The average molecular weight is 582 g/mol. The molecule has 1 aliphatic carbocycles. The van der Waals surface area contributed by atoms with Crippen LogP contribution in [0.5, 0.6) is 0 Å². The minimum Gasteiger partial charge on any atom is -0.335 e. The Morgan fingerprint density at radius 3 is 2.32 bits per heavy atom. The molecule has 1 unspecified atom stereocenters. The van der Waals surface area contributed by atoms with Crippen molar-refractivity contribution in [1.29, 1.82) is 0 Å². The van der Waals surface area contributed by atoms with Crippen molar-refractivity contribution in [3.05, 3.63) is 65.7 Å². The topological polar surface area (TPSA) is 128 Å². The standard InChI is InChI=1S/C30H39N5O5S/c1-41(39,40)25-13-11-22(12-14-25)21-35-27(36)30(33-29(35)38)16-19-34(20-17-30)18-15-26(23-7-3-2-4-8-23)32-28(37)31-24-9-5-6-10-24/h2-4,7-8,11-14,24,26H,5-6,9-10,15-21H2,1H3,(H,33,38)(H2,31,32,37). The lowest BCUT2D eigenvalue weighted by molar-refractivity contribution is -0.133. The SMILES string of the molecule is CS(=O)(=O)c1ccc(CN2C(=O)NC3(CCN(CCC(NC(=O)NC4CCCC4)c4ccccc4)CC3)C2=O)cc1. The summed E-state index contributed by atoms with van der Waals surface area (Å²) in [6.07, 6.45) is 7.25. The maximum Gasteiger partial charge on any atom is 0.325 e. The Hall–Kier alpha value is -3.44. The van der Waals surface area contributed by atoms with Gasteiger partial charge in [-0.25, -0.2) is 18.0 Å². The van der Waals surface area contributed by atoms with Crippen LogP contribution in [0.15, 0.2) is 59.5 Å². The summed E-state index contributed by atoms with van der Waals surface area (Å²) in [6.45, 7) is 2.14. The van der Waals surface area contributed by atoms with E-state index < -0.39 is 21.4 Å². The highest BCUT2D eigenvalue weighted by Gasteiger charge is 2.52. The second kappa shape index (κ2) is 12.2. The lowest BCUT2D eigenvalue weighted by Gasteiger charge is -2.37. The summed E-state index contributed by atoms with van der Waals surface area (Å²) < 4.78 is 23.5. The van der Waals surface area contributed by atoms with Crippen LogP contribution in [0.4, 0.5) is 9.59 Å². The molecule has 5 amide bonds. The maximum absolute atomic E-state index is 13.4. The molecule has 1 saturated carbocycles. The zero-order valence-corrected chi connectivity index (χ0v) is 24.3. The van der Waals surface area contributed by atoms with Crippen LogP contribution in [0.3, 0.4) is 0 Å². The summed E-state index contributed by atoms with van der Waals surface area (Å²) in [4.78, 5) is 42.7. The Morgan fingerprint density at radius 2 is 1.68 bits per heavy atom. The van der Waals surface area contributed by atoms with Gasteiger partial charge in [0, 0.05) is 31.9 Å². The molecule has 2 aliphatic heterocycles. The third-order valence-corrected chi connectivity index (χ3v) is 9.71. The van der Waals surface area contributed by atoms with E-state index in [-0.39, 0.29) is 35.5 Å². The normalized spacial score (nSPS) is 20.3. The fourth-order valence-electron chi connectivity index (χ4n) is 6.12. The average Bonchev–Trinajstić information content (AvgIpc) is 3.54. The molecule has 2 saturated heterocycles. The van der Waals surface area contributed by atoms with Crippen molar-refractivity contribution in [2.24, 2.45) is 0 Å². The van der Waals surface area contributed by atoms with Gasteiger partial charge in [0.15, 0.2) is 9.84 Å². The molecule has 5 rings (SSSR count). The molecule has 220 valence electrons. The monoisotopic (exact) mass is 581 g/mol. The number of piperidine rings is 1. The van der Waals surface area contributed by atoms with Gasteiger partial charge < -0.3 is 20.9 Å². The molecule has 2 heterocycles. The summed E-state index contributed by atoms with van der Waals surface area (Å²) in [5, 5.41) is 9.24. The van der Waals surface area contributed by atoms with Crippen molar-refractivity contribution in [1.82, 2.24) is 25.8 Å². The van der Waals surface area contributed by atoms with Crippen molar-refractivity contribution in [3.8, 4) is 0 Å². The van der Waals surface area contributed by atoms with Crippen LogP contribution in [0.2, 0.25) is 0 Å². The lowest BCUT2D eigenvalue weighted by Crippen LogP contribution is -2.55. The second-order valence-corrected chi connectivity index (χ2v) is 13.5. The fourth-order valence-corrected chi connectivity index (χ4v) is 6.75. The largest absolute Gasteiger partial charge is 0.335 e. The first kappa shape index (κ1) is 29.1. The van der Waals surface area contributed by atoms with Gasteiger partial charge in [0.1, 0.15) is 5.54 Å². The quantitative estimate of drug-likeness (QED) is 0.390. The van der Waals surface area contributed by atoms with Gasteiger partial charge in [-0.1, -0.05) is 55.3 Å². The third kappa shape index (κ3) is 6.90. The summed E-state index contributed by atoms with van der Waals surface area (Å²) in [7, 11) is -3.32. The molecule has 1 atom stereocenters. The van der Waals surface area contributed by atoms with Gasteiger partial charge in [0.2, 0.25) is 0 Å². The predicted octanol–water partition coefficient (Wildman–Crippen LogP) is 3.35. The molecule has 0 bridgehead atoms. The third-order valence-electron chi connectivity index (χ3n) is 8.58. The van der Waals surface area contributed by atoms with Gasteiger partial charge in [-0.05, 0) is 55.4 Å². The number of carbonyl (C=O) groups excluding carboxylic acids is 3. The van der Waals surface area contributed by atoms with Crippen LogP contribution >= 0.6 is 0 Å². The van der Waals surface area contributed by atoms with Crippen LogP contribution in [0.1, 0.15) is 62.1 Å². The zero-order valence-electron chi connectivity index (χ0n) is 23.5. The van der Waals surface area contributed by atoms with Crippen LogP contribution in [-0.2, 0) is 21.2 Å². The van der Waals surface area contributed by atoms with E-state index in [2.05, 4.69) is 20.9 Å². The number of carbonyl (C=O) groups is 3. The van der Waals surface area contributed by atoms with Crippen LogP contribution in [-0.4, -0.2) is 73.7 Å². The molecule has 10 nitrogen and oxygen atoms in total. The van der Waals surface area contributed by atoms with E-state index in [9.17, 15) is 22.8 Å². The molecule has 0 aromatic heterocycles. The number of imide groups is 1. The number of urea groups is 2. The number of hydrogen-bond donors (Lipinski definition) is 3. The number of hydrogen-bond acceptors (Lipinski definition) is 6. The van der Waals surface area contributed by atoms with E-state index in [0.29, 0.717) is 31.5 Å². The molecule has 41 heavy (non-hydrogen) atoms. The number of benzene rings is 2. The van der Waals surface area contributed by atoms with Crippen molar-refractivity contribution < 1.29 is 22.8 Å². The number of amides is 5. The molecule has 0 radical (unpaired) electrons. The fraction of sp³-hybridized carbons (Fsp3) is 0.500. The number of sulfone groups is 1. The van der Waals surface area contributed by atoms with Gasteiger partial charge in [0.05, 0.1) is 17.5 Å². The molecular formula is C30H39N5O5S. The van der Waals surface area contributed by atoms with Crippen LogP contribution in [0.25, 0.3) is 0 Å². The smallest absolute Gasteiger partial charge is 0.325 e. The summed E-state index contributed by atoms with van der Waals surface area (Å²) >= 11 is 0. The Morgan fingerprint density at radius 1 is 1.02 bits per heavy atom. The van der Waals surface area contributed by atoms with Crippen molar-refractivity contribution >= 4 is 27.8 Å². The Bertz CT molecular complexity index is 1350. The van der Waals surface area contributed by atoms with E-state index in [4.69, 9.17) is 0 Å². The first-order chi connectivity index (χ1) is 19.6. The van der Waals surface area contributed by atoms with E-state index in [1.54, 1.807) is 12.1 Å². The van der Waals surface area contributed by atoms with Crippen molar-refractivity contribution in [2.45, 2.75) is 74.0 Å². The molecule has 2 aromatic rings. The minimum atomic E-state index is -3.32. The van der Waals surface area contributed by atoms with Crippen molar-refractivity contribution in [3.63, 3.8) is 0 Å². The highest BCUT2D eigenvalue weighted by Crippen LogP contribution is 2.31. The van der Waals surface area contributed by atoms with E-state index in [1.807, 2.05) is 30.3 Å². The van der Waals surface area contributed by atoms with E-state index >= 15 is 0 Å². The summed E-state index contributed by atoms with van der Waals surface area (Å²) in [6, 6.07) is 15.8. The van der Waals surface area contributed by atoms with Gasteiger partial charge in [-0.2, -0.15) is 0 Å². The van der Waals surface area contributed by atoms with Crippen LogP contribution < -0.4 is 16.0 Å². The highest BCUT2D eigenvalue weighted by atomic mass is 32.2.